The van der Waals surface area contributed by atoms with E-state index < -0.39 is 40.7 Å². The Bertz CT molecular complexity index is 383. The fourth-order valence-corrected chi connectivity index (χ4v) is 1.21. The predicted molar refractivity (Wildman–Crippen MR) is 57.3 cm³/mol. The second-order valence-electron chi connectivity index (χ2n) is 3.57. The number of carbonyl (C=O) groups excluding carboxylic acids is 1. The van der Waals surface area contributed by atoms with E-state index in [-0.39, 0.29) is 19.3 Å². The number of aliphatic carboxylic acids is 1. The zero-order valence-corrected chi connectivity index (χ0v) is 10.0. The highest BCUT2D eigenvalue weighted by molar-refractivity contribution is 6.00. The number of nitrogens with zero attached hydrogens (tertiary/aromatic N) is 2. The van der Waals surface area contributed by atoms with Gasteiger partial charge >= 0.3 is 5.97 Å². The molecule has 114 valence electrons. The maximum Gasteiger partial charge on any atom is 0.340 e. The number of hydrogen-bond donors (Lipinski definition) is 2. The molecular weight excluding hydrogens is 284 g/mol. The molecule has 0 aromatic carbocycles. The zero-order valence-electron chi connectivity index (χ0n) is 10.0. The number of carboxylic acids is 1. The molecule has 0 radical (unpaired) electrons. The minimum Gasteiger partial charge on any atom is -0.479 e. The van der Waals surface area contributed by atoms with Crippen LogP contribution in [0.1, 0.15) is 19.3 Å². The Morgan fingerprint density at radius 3 is 2.25 bits per heavy atom. The van der Waals surface area contributed by atoms with Crippen molar-refractivity contribution >= 4 is 11.8 Å². The monoisotopic (exact) mass is 296 g/mol. The van der Waals surface area contributed by atoms with E-state index in [0.717, 1.165) is 0 Å². The first-order chi connectivity index (χ1) is 9.23. The van der Waals surface area contributed by atoms with Crippen LogP contribution < -0.4 is 0 Å². The average Bonchev–Trinajstić information content (AvgIpc) is 2.33. The minimum atomic E-state index is -2.17. The standard InChI is InChI=1S/C8H12N2O10/c11-6(7(12)8(13)14)3-1-2-5(20-10(17)18)4-19-9(15)16/h5,7,12H,1-4H2,(H,13,14). The highest BCUT2D eigenvalue weighted by Crippen LogP contribution is 2.08. The molecule has 2 unspecified atom stereocenters. The van der Waals surface area contributed by atoms with Crippen LogP contribution in [0.15, 0.2) is 0 Å². The van der Waals surface area contributed by atoms with Gasteiger partial charge in [-0.05, 0) is 12.8 Å². The Labute approximate surface area is 111 Å². The Morgan fingerprint density at radius 1 is 1.20 bits per heavy atom. The second-order valence-corrected chi connectivity index (χ2v) is 3.57. The molecule has 0 fully saturated rings. The van der Waals surface area contributed by atoms with Crippen molar-refractivity contribution in [3.05, 3.63) is 20.2 Å². The summed E-state index contributed by atoms with van der Waals surface area (Å²) in [6.45, 7) is -0.705. The van der Waals surface area contributed by atoms with Gasteiger partial charge in [0.1, 0.15) is 12.7 Å². The summed E-state index contributed by atoms with van der Waals surface area (Å²) in [6, 6.07) is 0. The summed E-state index contributed by atoms with van der Waals surface area (Å²) < 4.78 is 0. The molecule has 12 heteroatoms. The molecule has 2 N–H and O–H groups in total. The van der Waals surface area contributed by atoms with Gasteiger partial charge in [-0.2, -0.15) is 0 Å². The topological polar surface area (TPSA) is 179 Å². The first-order valence-electron chi connectivity index (χ1n) is 5.26. The number of aliphatic hydroxyl groups is 1. The van der Waals surface area contributed by atoms with Gasteiger partial charge in [0.2, 0.25) is 6.10 Å². The van der Waals surface area contributed by atoms with Crippen molar-refractivity contribution in [3.8, 4) is 0 Å². The normalized spacial score (nSPS) is 13.1. The molecule has 0 rings (SSSR count). The van der Waals surface area contributed by atoms with Gasteiger partial charge in [-0.1, -0.05) is 0 Å². The average molecular weight is 296 g/mol. The van der Waals surface area contributed by atoms with Gasteiger partial charge in [0, 0.05) is 6.42 Å². The molecule has 0 amide bonds. The van der Waals surface area contributed by atoms with Gasteiger partial charge in [0.15, 0.2) is 5.78 Å². The number of ketones is 1. The van der Waals surface area contributed by atoms with E-state index in [1.165, 1.54) is 0 Å². The minimum absolute atomic E-state index is 0.0667. The summed E-state index contributed by atoms with van der Waals surface area (Å²) in [5.41, 5.74) is 0. The molecular formula is C8H12N2O10. The molecule has 12 nitrogen and oxygen atoms in total. The molecule has 0 saturated heterocycles. The van der Waals surface area contributed by atoms with Gasteiger partial charge in [-0.3, -0.25) is 4.79 Å². The molecule has 0 aromatic rings. The Balaban J connectivity index is 4.18. The predicted octanol–water partition coefficient (Wildman–Crippen LogP) is -1.04. The van der Waals surface area contributed by atoms with Crippen molar-refractivity contribution in [1.29, 1.82) is 0 Å². The third kappa shape index (κ3) is 7.75. The fraction of sp³-hybridized carbons (Fsp3) is 0.750. The lowest BCUT2D eigenvalue weighted by atomic mass is 10.1. The van der Waals surface area contributed by atoms with E-state index in [4.69, 9.17) is 10.2 Å². The molecule has 0 spiro atoms. The van der Waals surface area contributed by atoms with Crippen molar-refractivity contribution in [3.63, 3.8) is 0 Å². The van der Waals surface area contributed by atoms with Crippen molar-refractivity contribution in [2.24, 2.45) is 0 Å². The first-order valence-corrected chi connectivity index (χ1v) is 5.26. The van der Waals surface area contributed by atoms with Gasteiger partial charge in [0.25, 0.3) is 10.2 Å². The van der Waals surface area contributed by atoms with Crippen LogP contribution in [0.3, 0.4) is 0 Å². The Hall–Kier alpha value is -2.50. The van der Waals surface area contributed by atoms with E-state index in [1.54, 1.807) is 0 Å². The number of Topliss-reactive ketones (excluding diaryl/α,β-unsaturated/α-hetero) is 1. The highest BCUT2D eigenvalue weighted by Gasteiger charge is 2.23. The fourth-order valence-electron chi connectivity index (χ4n) is 1.21. The Kier molecular flexibility index (Phi) is 7.50. The van der Waals surface area contributed by atoms with E-state index in [9.17, 15) is 29.8 Å². The maximum atomic E-state index is 11.1. The molecule has 0 aliphatic rings. The van der Waals surface area contributed by atoms with E-state index in [0.29, 0.717) is 0 Å². The molecule has 0 aliphatic carbocycles. The van der Waals surface area contributed by atoms with Crippen molar-refractivity contribution < 1.29 is 39.7 Å². The van der Waals surface area contributed by atoms with Crippen LogP contribution in [0.25, 0.3) is 0 Å². The molecule has 2 atom stereocenters. The van der Waals surface area contributed by atoms with Crippen LogP contribution >= 0.6 is 0 Å². The van der Waals surface area contributed by atoms with Crippen molar-refractivity contribution in [2.45, 2.75) is 31.5 Å². The third-order valence-electron chi connectivity index (χ3n) is 2.09. The number of rotatable bonds is 11. The van der Waals surface area contributed by atoms with Gasteiger partial charge in [-0.25, -0.2) is 4.79 Å². The quantitative estimate of drug-likeness (QED) is 0.271. The lowest BCUT2D eigenvalue weighted by Crippen LogP contribution is -2.30. The molecule has 0 heterocycles. The van der Waals surface area contributed by atoms with Crippen LogP contribution in [0.5, 0.6) is 0 Å². The molecule has 0 aromatic heterocycles. The summed E-state index contributed by atoms with van der Waals surface area (Å²) in [5, 5.41) is 35.0. The van der Waals surface area contributed by atoms with Gasteiger partial charge in [0.05, 0.1) is 0 Å². The number of carboxylic acid groups (broad SMARTS) is 1. The van der Waals surface area contributed by atoms with E-state index >= 15 is 0 Å². The summed E-state index contributed by atoms with van der Waals surface area (Å²) in [5.74, 6) is -2.68. The van der Waals surface area contributed by atoms with Crippen LogP contribution in [-0.2, 0) is 19.3 Å². The lowest BCUT2D eigenvalue weighted by Gasteiger charge is -2.13. The van der Waals surface area contributed by atoms with E-state index in [1.807, 2.05) is 0 Å². The SMILES string of the molecule is O=C(O)C(O)C(=O)CCCC(CO[N+](=O)[O-])O[N+](=O)[O-]. The summed E-state index contributed by atoms with van der Waals surface area (Å²) in [4.78, 5) is 49.5. The summed E-state index contributed by atoms with van der Waals surface area (Å²) in [7, 11) is 0. The van der Waals surface area contributed by atoms with Gasteiger partial charge in [-0.15, -0.1) is 20.2 Å². The largest absolute Gasteiger partial charge is 0.479 e. The molecule has 0 saturated carbocycles. The summed E-state index contributed by atoms with van der Waals surface area (Å²) >= 11 is 0. The first kappa shape index (κ1) is 17.5. The zero-order chi connectivity index (χ0) is 15.7. The molecule has 0 bridgehead atoms. The third-order valence-corrected chi connectivity index (χ3v) is 2.09. The van der Waals surface area contributed by atoms with Gasteiger partial charge < -0.3 is 19.9 Å². The number of aliphatic hydroxyl groups excluding tert-OH is 1. The number of hydrogen-bond acceptors (Lipinski definition) is 9. The Morgan fingerprint density at radius 2 is 1.80 bits per heavy atom. The van der Waals surface area contributed by atoms with E-state index in [2.05, 4.69) is 9.68 Å². The van der Waals surface area contributed by atoms with Crippen LogP contribution in [0.4, 0.5) is 0 Å². The molecule has 0 aliphatic heterocycles. The lowest BCUT2D eigenvalue weighted by molar-refractivity contribution is -0.790. The second kappa shape index (κ2) is 8.58. The maximum absolute atomic E-state index is 11.1. The van der Waals surface area contributed by atoms with Crippen LogP contribution in [0.2, 0.25) is 0 Å². The van der Waals surface area contributed by atoms with Crippen LogP contribution in [0, 0.1) is 20.2 Å². The smallest absolute Gasteiger partial charge is 0.340 e. The highest BCUT2D eigenvalue weighted by atomic mass is 17.0. The molecule has 20 heavy (non-hydrogen) atoms. The number of carbonyl (C=O) groups is 2. The van der Waals surface area contributed by atoms with Crippen LogP contribution in [-0.4, -0.2) is 51.0 Å². The van der Waals surface area contributed by atoms with Crippen molar-refractivity contribution in [1.82, 2.24) is 0 Å². The van der Waals surface area contributed by atoms with Crippen molar-refractivity contribution in [2.75, 3.05) is 6.61 Å². The summed E-state index contributed by atoms with van der Waals surface area (Å²) in [6.07, 6.45) is -4.04.